The Morgan fingerprint density at radius 3 is 2.79 bits per heavy atom. The number of carbonyl (C=O) groups is 2. The largest absolute Gasteiger partial charge is 0.495 e. The number of hydrogen-bond acceptors (Lipinski definition) is 5. The third kappa shape index (κ3) is 4.41. The van der Waals surface area contributed by atoms with E-state index in [4.69, 9.17) is 21.1 Å². The molecule has 3 heterocycles. The van der Waals surface area contributed by atoms with E-state index >= 15 is 0 Å². The van der Waals surface area contributed by atoms with Crippen LogP contribution in [-0.4, -0.2) is 34.2 Å². The molecular weight excluding hydrogens is 454 g/mol. The molecule has 1 aliphatic heterocycles. The first kappa shape index (κ1) is 22.8. The molecule has 1 saturated carbocycles. The Labute approximate surface area is 203 Å². The van der Waals surface area contributed by atoms with Crippen molar-refractivity contribution in [3.8, 4) is 5.75 Å². The lowest BCUT2D eigenvalue weighted by molar-refractivity contribution is -0.625. The maximum atomic E-state index is 13.4. The van der Waals surface area contributed by atoms with Crippen LogP contribution < -0.4 is 9.25 Å². The van der Waals surface area contributed by atoms with Crippen LogP contribution in [0, 0.1) is 11.8 Å². The van der Waals surface area contributed by atoms with Crippen molar-refractivity contribution in [3.05, 3.63) is 65.2 Å². The summed E-state index contributed by atoms with van der Waals surface area (Å²) < 4.78 is 15.0. The van der Waals surface area contributed by atoms with Gasteiger partial charge in [-0.1, -0.05) is 30.5 Å². The van der Waals surface area contributed by atoms with Crippen molar-refractivity contribution >= 4 is 23.4 Å². The number of Topliss-reactive ketones (excluding diaryl/α,β-unsaturated/α-hetero) is 1. The standard InChI is InChI=1S/C26H29ClN3O4/c1-33-24-8-7-18(14-22(24)27)9-10-26(20-5-2-3-6-20)15-23(31)21(25(32)34-26)13-19-16-29-12-4-11-28-30(29)17-19/h4,7-8,11-12,14,16-17,20-21H,2-3,5-6,9-10,13,15H2,1H3/q+1. The number of fused-ring (bicyclic) bond motifs is 1. The van der Waals surface area contributed by atoms with Crippen molar-refractivity contribution < 1.29 is 23.6 Å². The fourth-order valence-electron chi connectivity index (χ4n) is 5.55. The SMILES string of the molecule is COc1ccc(CCC2(C3CCCC3)CC(=O)C(Cc3cn4nccc[n+]4c3)C(=O)O2)cc1Cl. The summed E-state index contributed by atoms with van der Waals surface area (Å²) in [5, 5.41) is 4.79. The first-order valence-electron chi connectivity index (χ1n) is 11.9. The van der Waals surface area contributed by atoms with Crippen LogP contribution in [0.4, 0.5) is 0 Å². The number of ether oxygens (including phenoxy) is 2. The Kier molecular flexibility index (Phi) is 6.30. The summed E-state index contributed by atoms with van der Waals surface area (Å²) >= 11 is 6.31. The molecule has 2 aromatic heterocycles. The fourth-order valence-corrected chi connectivity index (χ4v) is 5.84. The quantitative estimate of drug-likeness (QED) is 0.291. The smallest absolute Gasteiger partial charge is 0.317 e. The van der Waals surface area contributed by atoms with Gasteiger partial charge in [0.05, 0.1) is 18.3 Å². The molecule has 5 rings (SSSR count). The summed E-state index contributed by atoms with van der Waals surface area (Å²) in [5.41, 5.74) is 1.18. The first-order valence-corrected chi connectivity index (χ1v) is 12.3. The summed E-state index contributed by atoms with van der Waals surface area (Å²) in [6, 6.07) is 7.55. The molecule has 0 N–H and O–H groups in total. The van der Waals surface area contributed by atoms with Gasteiger partial charge in [0.1, 0.15) is 29.7 Å². The molecule has 0 radical (unpaired) electrons. The average molecular weight is 483 g/mol. The highest BCUT2D eigenvalue weighted by atomic mass is 35.5. The third-order valence-corrected chi connectivity index (χ3v) is 7.66. The number of rotatable bonds is 7. The molecule has 178 valence electrons. The van der Waals surface area contributed by atoms with E-state index in [-0.39, 0.29) is 18.1 Å². The molecule has 8 heteroatoms. The normalized spacial score (nSPS) is 23.4. The summed E-state index contributed by atoms with van der Waals surface area (Å²) in [5.74, 6) is -0.354. The van der Waals surface area contributed by atoms with Gasteiger partial charge >= 0.3 is 5.97 Å². The van der Waals surface area contributed by atoms with E-state index in [1.165, 1.54) is 0 Å². The van der Waals surface area contributed by atoms with Crippen LogP contribution in [-0.2, 0) is 27.2 Å². The second kappa shape index (κ2) is 9.37. The van der Waals surface area contributed by atoms with Crippen LogP contribution in [0.1, 0.15) is 49.7 Å². The number of methoxy groups -OCH3 is 1. The number of aryl methyl sites for hydroxylation is 1. The van der Waals surface area contributed by atoms with E-state index in [9.17, 15) is 9.59 Å². The number of ketones is 1. The Hall–Kier alpha value is -2.93. The van der Waals surface area contributed by atoms with Gasteiger partial charge in [0, 0.05) is 23.1 Å². The molecule has 2 aliphatic rings. The van der Waals surface area contributed by atoms with Gasteiger partial charge in [-0.05, 0) is 60.3 Å². The lowest BCUT2D eigenvalue weighted by Gasteiger charge is -2.43. The highest BCUT2D eigenvalue weighted by molar-refractivity contribution is 6.32. The van der Waals surface area contributed by atoms with Crippen molar-refractivity contribution in [1.29, 1.82) is 0 Å². The van der Waals surface area contributed by atoms with Crippen molar-refractivity contribution in [1.82, 2.24) is 9.73 Å². The van der Waals surface area contributed by atoms with Gasteiger partial charge in [-0.3, -0.25) is 9.59 Å². The maximum absolute atomic E-state index is 13.4. The molecule has 0 spiro atoms. The number of aromatic nitrogens is 3. The number of benzene rings is 1. The molecule has 2 unspecified atom stereocenters. The van der Waals surface area contributed by atoms with E-state index in [0.717, 1.165) is 36.8 Å². The van der Waals surface area contributed by atoms with Gasteiger partial charge in [-0.2, -0.15) is 0 Å². The Balaban J connectivity index is 1.34. The second-order valence-electron chi connectivity index (χ2n) is 9.48. The molecule has 1 aromatic carbocycles. The summed E-state index contributed by atoms with van der Waals surface area (Å²) in [6.07, 6.45) is 13.4. The van der Waals surface area contributed by atoms with Crippen LogP contribution in [0.5, 0.6) is 5.75 Å². The summed E-state index contributed by atoms with van der Waals surface area (Å²) in [4.78, 5) is 26.6. The molecule has 3 aromatic rings. The van der Waals surface area contributed by atoms with E-state index in [1.54, 1.807) is 17.9 Å². The second-order valence-corrected chi connectivity index (χ2v) is 9.88. The first-order chi connectivity index (χ1) is 16.5. The fraction of sp³-hybridized carbons (Fsp3) is 0.462. The highest BCUT2D eigenvalue weighted by Crippen LogP contribution is 2.45. The lowest BCUT2D eigenvalue weighted by atomic mass is 9.73. The summed E-state index contributed by atoms with van der Waals surface area (Å²) in [6.45, 7) is 0. The molecule has 2 fully saturated rings. The number of hydrogen-bond donors (Lipinski definition) is 0. The Morgan fingerprint density at radius 1 is 1.26 bits per heavy atom. The third-order valence-electron chi connectivity index (χ3n) is 7.37. The van der Waals surface area contributed by atoms with E-state index < -0.39 is 17.5 Å². The topological polar surface area (TPSA) is 74.0 Å². The molecular formula is C26H29ClN3O4+. The zero-order valence-corrected chi connectivity index (χ0v) is 20.0. The minimum absolute atomic E-state index is 0.0240. The van der Waals surface area contributed by atoms with Gasteiger partial charge in [0.25, 0.3) is 0 Å². The van der Waals surface area contributed by atoms with Crippen LogP contribution in [0.25, 0.3) is 0 Å². The molecule has 1 aliphatic carbocycles. The van der Waals surface area contributed by atoms with Crippen LogP contribution in [0.15, 0.2) is 49.1 Å². The predicted octanol–water partition coefficient (Wildman–Crippen LogP) is 3.82. The maximum Gasteiger partial charge on any atom is 0.317 e. The van der Waals surface area contributed by atoms with Crippen LogP contribution in [0.2, 0.25) is 5.02 Å². The van der Waals surface area contributed by atoms with Gasteiger partial charge in [-0.25, -0.2) is 0 Å². The molecule has 0 bridgehead atoms. The van der Waals surface area contributed by atoms with Gasteiger partial charge in [0.15, 0.2) is 12.0 Å². The molecule has 2 atom stereocenters. The zero-order valence-electron chi connectivity index (χ0n) is 19.3. The van der Waals surface area contributed by atoms with E-state index in [2.05, 4.69) is 5.10 Å². The molecule has 34 heavy (non-hydrogen) atoms. The number of cyclic esters (lactones) is 1. The number of esters is 1. The lowest BCUT2D eigenvalue weighted by Crippen LogP contribution is -2.52. The van der Waals surface area contributed by atoms with E-state index in [1.807, 2.05) is 47.4 Å². The van der Waals surface area contributed by atoms with Crippen molar-refractivity contribution in [2.75, 3.05) is 7.11 Å². The van der Waals surface area contributed by atoms with Crippen molar-refractivity contribution in [2.24, 2.45) is 11.8 Å². The minimum atomic E-state index is -0.775. The van der Waals surface area contributed by atoms with Gasteiger partial charge < -0.3 is 9.47 Å². The van der Waals surface area contributed by atoms with Gasteiger partial charge in [0.2, 0.25) is 0 Å². The summed E-state index contributed by atoms with van der Waals surface area (Å²) in [7, 11) is 1.59. The minimum Gasteiger partial charge on any atom is -0.495 e. The number of carbonyl (C=O) groups excluding carboxylic acids is 2. The Bertz CT molecular complexity index is 1170. The number of halogens is 1. The molecule has 0 amide bonds. The Morgan fingerprint density at radius 2 is 2.09 bits per heavy atom. The highest BCUT2D eigenvalue weighted by Gasteiger charge is 2.51. The van der Waals surface area contributed by atoms with E-state index in [0.29, 0.717) is 30.0 Å². The molecule has 7 nitrogen and oxygen atoms in total. The average Bonchev–Trinajstić information content (AvgIpc) is 3.50. The van der Waals surface area contributed by atoms with Crippen LogP contribution in [0.3, 0.4) is 0 Å². The van der Waals surface area contributed by atoms with Crippen molar-refractivity contribution in [3.63, 3.8) is 0 Å². The van der Waals surface area contributed by atoms with Gasteiger partial charge in [-0.15, -0.1) is 4.52 Å². The van der Waals surface area contributed by atoms with Crippen LogP contribution >= 0.6 is 11.6 Å². The monoisotopic (exact) mass is 482 g/mol. The van der Waals surface area contributed by atoms with Crippen molar-refractivity contribution in [2.45, 2.75) is 57.0 Å². The zero-order chi connectivity index (χ0) is 23.7. The molecule has 1 saturated heterocycles. The predicted molar refractivity (Wildman–Crippen MR) is 125 cm³/mol. The number of nitrogens with zero attached hydrogens (tertiary/aromatic N) is 3.